The topological polar surface area (TPSA) is 26.0 Å². The lowest BCUT2D eigenvalue weighted by molar-refractivity contribution is -0.0405. The summed E-state index contributed by atoms with van der Waals surface area (Å²) in [6.07, 6.45) is -0.290. The second-order valence-electron chi connectivity index (χ2n) is 4.13. The number of rotatable bonds is 3. The first-order valence-electron chi connectivity index (χ1n) is 3.85. The molecule has 0 fully saturated rings. The van der Waals surface area contributed by atoms with Crippen molar-refractivity contribution in [2.24, 2.45) is 11.1 Å². The minimum atomic E-state index is -2.59. The van der Waals surface area contributed by atoms with Gasteiger partial charge in [-0.3, -0.25) is 0 Å². The molecule has 0 saturated heterocycles. The summed E-state index contributed by atoms with van der Waals surface area (Å²) < 4.78 is 25.7. The third kappa shape index (κ3) is 6.23. The molecular formula is C8H17F2N. The molecule has 68 valence electrons. The third-order valence-corrected chi connectivity index (χ3v) is 1.30. The van der Waals surface area contributed by atoms with Crippen molar-refractivity contribution in [1.82, 2.24) is 0 Å². The summed E-state index contributed by atoms with van der Waals surface area (Å²) in [5, 5.41) is 0. The van der Waals surface area contributed by atoms with Crippen LogP contribution in [0.5, 0.6) is 0 Å². The van der Waals surface area contributed by atoms with Gasteiger partial charge in [-0.1, -0.05) is 20.8 Å². The number of halogens is 2. The van der Waals surface area contributed by atoms with Gasteiger partial charge in [-0.25, -0.2) is 8.78 Å². The van der Waals surface area contributed by atoms with Gasteiger partial charge >= 0.3 is 0 Å². The minimum Gasteiger partial charge on any atom is -0.330 e. The molecule has 0 aromatic carbocycles. The van der Waals surface area contributed by atoms with Crippen molar-refractivity contribution in [2.75, 3.05) is 6.54 Å². The molecule has 0 aliphatic heterocycles. The van der Waals surface area contributed by atoms with E-state index in [9.17, 15) is 8.78 Å². The first-order valence-corrected chi connectivity index (χ1v) is 3.85. The van der Waals surface area contributed by atoms with E-state index in [1.807, 2.05) is 0 Å². The van der Waals surface area contributed by atoms with Gasteiger partial charge < -0.3 is 5.73 Å². The molecule has 0 saturated carbocycles. The number of hydrogen-bond donors (Lipinski definition) is 1. The highest BCUT2D eigenvalue weighted by atomic mass is 19.3. The Morgan fingerprint density at radius 1 is 1.18 bits per heavy atom. The Kier molecular flexibility index (Phi) is 3.42. The zero-order valence-corrected chi connectivity index (χ0v) is 7.45. The Labute approximate surface area is 67.0 Å². The van der Waals surface area contributed by atoms with E-state index < -0.39 is 5.92 Å². The molecule has 0 amide bonds. The first kappa shape index (κ1) is 10.8. The Bertz CT molecular complexity index is 116. The van der Waals surface area contributed by atoms with Gasteiger partial charge in [0, 0.05) is 12.8 Å². The van der Waals surface area contributed by atoms with Crippen molar-refractivity contribution in [3.63, 3.8) is 0 Å². The smallest absolute Gasteiger partial charge is 0.249 e. The third-order valence-electron chi connectivity index (χ3n) is 1.30. The molecule has 0 atom stereocenters. The number of hydrogen-bond acceptors (Lipinski definition) is 1. The van der Waals surface area contributed by atoms with Crippen LogP contribution in [0, 0.1) is 5.41 Å². The lowest BCUT2D eigenvalue weighted by Crippen LogP contribution is -2.26. The van der Waals surface area contributed by atoms with Crippen molar-refractivity contribution in [1.29, 1.82) is 0 Å². The molecule has 0 bridgehead atoms. The standard InChI is InChI=1S/C8H17F2N/c1-7(2,3)6-8(9,10)4-5-11/h4-6,11H2,1-3H3. The maximum atomic E-state index is 12.8. The van der Waals surface area contributed by atoms with Crippen LogP contribution in [0.1, 0.15) is 33.6 Å². The van der Waals surface area contributed by atoms with E-state index in [2.05, 4.69) is 0 Å². The van der Waals surface area contributed by atoms with Crippen LogP contribution in [0.25, 0.3) is 0 Å². The summed E-state index contributed by atoms with van der Waals surface area (Å²) in [5.74, 6) is -2.59. The van der Waals surface area contributed by atoms with Gasteiger partial charge in [0.2, 0.25) is 5.92 Å². The van der Waals surface area contributed by atoms with E-state index in [0.717, 1.165) is 0 Å². The average molecular weight is 165 g/mol. The van der Waals surface area contributed by atoms with Gasteiger partial charge in [-0.05, 0) is 12.0 Å². The van der Waals surface area contributed by atoms with Gasteiger partial charge in [0.25, 0.3) is 0 Å². The van der Waals surface area contributed by atoms with E-state index in [1.54, 1.807) is 20.8 Å². The first-order chi connectivity index (χ1) is 4.77. The van der Waals surface area contributed by atoms with Crippen molar-refractivity contribution in [2.45, 2.75) is 39.5 Å². The fourth-order valence-electron chi connectivity index (χ4n) is 1.08. The van der Waals surface area contributed by atoms with E-state index >= 15 is 0 Å². The second kappa shape index (κ2) is 3.48. The van der Waals surface area contributed by atoms with E-state index in [1.165, 1.54) is 0 Å². The SMILES string of the molecule is CC(C)(C)CC(F)(F)CCN. The average Bonchev–Trinajstić information content (AvgIpc) is 1.55. The zero-order valence-electron chi connectivity index (χ0n) is 7.45. The molecular weight excluding hydrogens is 148 g/mol. The van der Waals surface area contributed by atoms with Gasteiger partial charge in [0.1, 0.15) is 0 Å². The molecule has 0 aromatic heterocycles. The Morgan fingerprint density at radius 3 is 1.91 bits per heavy atom. The van der Waals surface area contributed by atoms with Gasteiger partial charge in [0.15, 0.2) is 0 Å². The van der Waals surface area contributed by atoms with E-state index in [-0.39, 0.29) is 24.8 Å². The van der Waals surface area contributed by atoms with Crippen LogP contribution < -0.4 is 5.73 Å². The lowest BCUT2D eigenvalue weighted by atomic mass is 9.88. The fraction of sp³-hybridized carbons (Fsp3) is 1.00. The molecule has 3 heteroatoms. The van der Waals surface area contributed by atoms with Crippen molar-refractivity contribution in [3.8, 4) is 0 Å². The van der Waals surface area contributed by atoms with Gasteiger partial charge in [0.05, 0.1) is 0 Å². The summed E-state index contributed by atoms with van der Waals surface area (Å²) in [7, 11) is 0. The highest BCUT2D eigenvalue weighted by molar-refractivity contribution is 4.74. The van der Waals surface area contributed by atoms with Crippen LogP contribution in [-0.4, -0.2) is 12.5 Å². The molecule has 0 unspecified atom stereocenters. The number of alkyl halides is 2. The minimum absolute atomic E-state index is 0.0586. The highest BCUT2D eigenvalue weighted by Crippen LogP contribution is 2.33. The lowest BCUT2D eigenvalue weighted by Gasteiger charge is -2.25. The van der Waals surface area contributed by atoms with Crippen LogP contribution in [0.2, 0.25) is 0 Å². The maximum absolute atomic E-state index is 12.8. The monoisotopic (exact) mass is 165 g/mol. The largest absolute Gasteiger partial charge is 0.330 e. The van der Waals surface area contributed by atoms with Crippen LogP contribution in [-0.2, 0) is 0 Å². The van der Waals surface area contributed by atoms with Crippen molar-refractivity contribution in [3.05, 3.63) is 0 Å². The predicted molar refractivity (Wildman–Crippen MR) is 42.7 cm³/mol. The molecule has 0 aliphatic carbocycles. The molecule has 11 heavy (non-hydrogen) atoms. The van der Waals surface area contributed by atoms with E-state index in [4.69, 9.17) is 5.73 Å². The second-order valence-corrected chi connectivity index (χ2v) is 4.13. The molecule has 0 aromatic rings. The molecule has 0 aliphatic rings. The van der Waals surface area contributed by atoms with E-state index in [0.29, 0.717) is 0 Å². The summed E-state index contributed by atoms with van der Waals surface area (Å²) in [6.45, 7) is 5.47. The summed E-state index contributed by atoms with van der Waals surface area (Å²) in [4.78, 5) is 0. The molecule has 2 N–H and O–H groups in total. The van der Waals surface area contributed by atoms with Crippen molar-refractivity contribution < 1.29 is 8.78 Å². The highest BCUT2D eigenvalue weighted by Gasteiger charge is 2.33. The van der Waals surface area contributed by atoms with Crippen LogP contribution in [0.15, 0.2) is 0 Å². The molecule has 0 heterocycles. The Balaban J connectivity index is 3.91. The van der Waals surface area contributed by atoms with Crippen LogP contribution in [0.4, 0.5) is 8.78 Å². The zero-order chi connectivity index (χ0) is 9.12. The summed E-state index contributed by atoms with van der Waals surface area (Å²) >= 11 is 0. The molecule has 1 nitrogen and oxygen atoms in total. The Hall–Kier alpha value is -0.180. The Morgan fingerprint density at radius 2 is 1.64 bits per heavy atom. The fourth-order valence-corrected chi connectivity index (χ4v) is 1.08. The van der Waals surface area contributed by atoms with Crippen molar-refractivity contribution >= 4 is 0 Å². The maximum Gasteiger partial charge on any atom is 0.249 e. The molecule has 0 radical (unpaired) electrons. The predicted octanol–water partition coefficient (Wildman–Crippen LogP) is 2.41. The van der Waals surface area contributed by atoms with Crippen LogP contribution in [0.3, 0.4) is 0 Å². The normalized spacial score (nSPS) is 13.6. The molecule has 0 spiro atoms. The van der Waals surface area contributed by atoms with Gasteiger partial charge in [-0.2, -0.15) is 0 Å². The number of nitrogens with two attached hydrogens (primary N) is 1. The summed E-state index contributed by atoms with van der Waals surface area (Å²) in [6, 6.07) is 0. The van der Waals surface area contributed by atoms with Crippen LogP contribution >= 0.6 is 0 Å². The quantitative estimate of drug-likeness (QED) is 0.682. The molecule has 0 rings (SSSR count). The summed E-state index contributed by atoms with van der Waals surface area (Å²) in [5.41, 5.74) is 4.73. The van der Waals surface area contributed by atoms with Gasteiger partial charge in [-0.15, -0.1) is 0 Å².